The molecule has 12 heavy (non-hydrogen) atoms. The molecule has 1 N–H and O–H groups in total. The molecule has 1 saturated carbocycles. The Morgan fingerprint density at radius 3 is 2.83 bits per heavy atom. The van der Waals surface area contributed by atoms with E-state index in [-0.39, 0.29) is 5.72 Å². The van der Waals surface area contributed by atoms with Gasteiger partial charge in [0.05, 0.1) is 6.61 Å². The fourth-order valence-electron chi connectivity index (χ4n) is 2.58. The van der Waals surface area contributed by atoms with Gasteiger partial charge in [-0.3, -0.25) is 5.32 Å². The van der Waals surface area contributed by atoms with Gasteiger partial charge in [0.1, 0.15) is 5.72 Å². The van der Waals surface area contributed by atoms with E-state index in [1.807, 2.05) is 0 Å². The van der Waals surface area contributed by atoms with E-state index in [9.17, 15) is 0 Å². The van der Waals surface area contributed by atoms with Crippen molar-refractivity contribution in [2.24, 2.45) is 5.92 Å². The van der Waals surface area contributed by atoms with Crippen LogP contribution < -0.4 is 5.32 Å². The average molecular weight is 169 g/mol. The van der Waals surface area contributed by atoms with Crippen molar-refractivity contribution in [2.45, 2.75) is 51.3 Å². The minimum absolute atomic E-state index is 0.0666. The highest BCUT2D eigenvalue weighted by Gasteiger charge is 2.40. The average Bonchev–Trinajstić information content (AvgIpc) is 2.32. The van der Waals surface area contributed by atoms with Gasteiger partial charge in [0.25, 0.3) is 0 Å². The van der Waals surface area contributed by atoms with Gasteiger partial charge < -0.3 is 4.74 Å². The minimum Gasteiger partial charge on any atom is -0.359 e. The van der Waals surface area contributed by atoms with Gasteiger partial charge >= 0.3 is 0 Å². The summed E-state index contributed by atoms with van der Waals surface area (Å²) in [6.45, 7) is 5.43. The van der Waals surface area contributed by atoms with Crippen LogP contribution in [-0.2, 0) is 4.74 Å². The van der Waals surface area contributed by atoms with Crippen LogP contribution in [0.1, 0.15) is 39.5 Å². The van der Waals surface area contributed by atoms with E-state index in [2.05, 4.69) is 19.2 Å². The van der Waals surface area contributed by atoms with Crippen molar-refractivity contribution >= 4 is 0 Å². The van der Waals surface area contributed by atoms with Gasteiger partial charge in [-0.1, -0.05) is 13.3 Å². The molecule has 2 heteroatoms. The van der Waals surface area contributed by atoms with Crippen molar-refractivity contribution in [1.29, 1.82) is 0 Å². The summed E-state index contributed by atoms with van der Waals surface area (Å²) in [5.41, 5.74) is 0.0666. The van der Waals surface area contributed by atoms with Gasteiger partial charge in [-0.05, 0) is 32.1 Å². The number of hydrogen-bond acceptors (Lipinski definition) is 2. The van der Waals surface area contributed by atoms with E-state index in [0.29, 0.717) is 6.04 Å². The van der Waals surface area contributed by atoms with Crippen LogP contribution in [0.2, 0.25) is 0 Å². The topological polar surface area (TPSA) is 21.3 Å². The molecule has 70 valence electrons. The number of nitrogens with one attached hydrogen (secondary N) is 1. The van der Waals surface area contributed by atoms with Gasteiger partial charge in [-0.15, -0.1) is 0 Å². The van der Waals surface area contributed by atoms with Crippen LogP contribution in [0.5, 0.6) is 0 Å². The zero-order chi connectivity index (χ0) is 8.60. The molecular formula is C10H19NO. The SMILES string of the molecule is C[C@H]1CCC[C@@]2(C1)N[C@@H](C)CO2. The number of rotatable bonds is 0. The summed E-state index contributed by atoms with van der Waals surface area (Å²) in [5.74, 6) is 0.830. The molecule has 1 heterocycles. The summed E-state index contributed by atoms with van der Waals surface area (Å²) < 4.78 is 5.85. The first-order chi connectivity index (χ1) is 5.70. The molecule has 1 aliphatic carbocycles. The quantitative estimate of drug-likeness (QED) is 0.598. The first kappa shape index (κ1) is 8.52. The molecule has 0 aromatic carbocycles. The molecule has 0 bridgehead atoms. The van der Waals surface area contributed by atoms with Crippen molar-refractivity contribution in [3.8, 4) is 0 Å². The summed E-state index contributed by atoms with van der Waals surface area (Å²) in [6, 6.07) is 0.551. The van der Waals surface area contributed by atoms with Crippen LogP contribution in [0.4, 0.5) is 0 Å². The lowest BCUT2D eigenvalue weighted by Gasteiger charge is -2.36. The predicted octanol–water partition coefficient (Wildman–Crippen LogP) is 1.90. The van der Waals surface area contributed by atoms with Gasteiger partial charge in [-0.2, -0.15) is 0 Å². The van der Waals surface area contributed by atoms with Gasteiger partial charge in [-0.25, -0.2) is 0 Å². The molecule has 0 unspecified atom stereocenters. The van der Waals surface area contributed by atoms with Crippen molar-refractivity contribution in [3.63, 3.8) is 0 Å². The first-order valence-corrected chi connectivity index (χ1v) is 5.12. The summed E-state index contributed by atoms with van der Waals surface area (Å²) in [5, 5.41) is 3.58. The van der Waals surface area contributed by atoms with Crippen LogP contribution >= 0.6 is 0 Å². The normalized spacial score (nSPS) is 48.5. The Bertz CT molecular complexity index is 167. The molecule has 0 amide bonds. The van der Waals surface area contributed by atoms with E-state index in [4.69, 9.17) is 4.74 Å². The summed E-state index contributed by atoms with van der Waals surface area (Å²) in [4.78, 5) is 0. The number of hydrogen-bond donors (Lipinski definition) is 1. The Morgan fingerprint density at radius 2 is 2.25 bits per heavy atom. The maximum absolute atomic E-state index is 5.85. The molecule has 2 nitrogen and oxygen atoms in total. The second kappa shape index (κ2) is 3.00. The third-order valence-electron chi connectivity index (χ3n) is 3.07. The second-order valence-corrected chi connectivity index (χ2v) is 4.55. The molecule has 2 aliphatic rings. The van der Waals surface area contributed by atoms with Crippen molar-refractivity contribution < 1.29 is 4.74 Å². The Morgan fingerprint density at radius 1 is 1.42 bits per heavy atom. The van der Waals surface area contributed by atoms with Gasteiger partial charge in [0.15, 0.2) is 0 Å². The molecule has 0 aromatic rings. The molecule has 0 aromatic heterocycles. The third kappa shape index (κ3) is 1.50. The highest BCUT2D eigenvalue weighted by Crippen LogP contribution is 2.35. The third-order valence-corrected chi connectivity index (χ3v) is 3.07. The fraction of sp³-hybridized carbons (Fsp3) is 1.00. The molecule has 3 atom stereocenters. The largest absolute Gasteiger partial charge is 0.359 e. The smallest absolute Gasteiger partial charge is 0.119 e. The Labute approximate surface area is 74.7 Å². The zero-order valence-corrected chi connectivity index (χ0v) is 8.10. The Kier molecular flexibility index (Phi) is 2.13. The predicted molar refractivity (Wildman–Crippen MR) is 48.9 cm³/mol. The summed E-state index contributed by atoms with van der Waals surface area (Å²) in [6.07, 6.45) is 5.11. The van der Waals surface area contributed by atoms with Crippen molar-refractivity contribution in [1.82, 2.24) is 5.32 Å². The van der Waals surface area contributed by atoms with Crippen LogP contribution in [0.15, 0.2) is 0 Å². The van der Waals surface area contributed by atoms with Crippen molar-refractivity contribution in [3.05, 3.63) is 0 Å². The monoisotopic (exact) mass is 169 g/mol. The standard InChI is InChI=1S/C10H19NO/c1-8-4-3-5-10(6-8)11-9(2)7-12-10/h8-9,11H,3-7H2,1-2H3/t8-,9-,10+/m0/s1. The molecule has 2 fully saturated rings. The van der Waals surface area contributed by atoms with Crippen LogP contribution in [0, 0.1) is 5.92 Å². The summed E-state index contributed by atoms with van der Waals surface area (Å²) in [7, 11) is 0. The van der Waals surface area contributed by atoms with Gasteiger partial charge in [0, 0.05) is 6.04 Å². The molecule has 0 radical (unpaired) electrons. The lowest BCUT2D eigenvalue weighted by atomic mass is 9.84. The molecule has 1 spiro atoms. The van der Waals surface area contributed by atoms with Gasteiger partial charge in [0.2, 0.25) is 0 Å². The molecule has 2 rings (SSSR count). The Hall–Kier alpha value is -0.0800. The van der Waals surface area contributed by atoms with E-state index >= 15 is 0 Å². The van der Waals surface area contributed by atoms with E-state index in [1.54, 1.807) is 0 Å². The maximum atomic E-state index is 5.85. The highest BCUT2D eigenvalue weighted by molar-refractivity contribution is 4.91. The summed E-state index contributed by atoms with van der Waals surface area (Å²) >= 11 is 0. The number of ether oxygens (including phenoxy) is 1. The minimum atomic E-state index is 0.0666. The van der Waals surface area contributed by atoms with Crippen LogP contribution in [0.25, 0.3) is 0 Å². The maximum Gasteiger partial charge on any atom is 0.119 e. The van der Waals surface area contributed by atoms with Crippen LogP contribution in [0.3, 0.4) is 0 Å². The van der Waals surface area contributed by atoms with Crippen molar-refractivity contribution in [2.75, 3.05) is 6.61 Å². The van der Waals surface area contributed by atoms with E-state index < -0.39 is 0 Å². The first-order valence-electron chi connectivity index (χ1n) is 5.12. The van der Waals surface area contributed by atoms with E-state index in [0.717, 1.165) is 12.5 Å². The van der Waals surface area contributed by atoms with Crippen LogP contribution in [-0.4, -0.2) is 18.4 Å². The lowest BCUT2D eigenvalue weighted by molar-refractivity contribution is -0.0516. The molecule has 1 aliphatic heterocycles. The lowest BCUT2D eigenvalue weighted by Crippen LogP contribution is -2.46. The van der Waals surface area contributed by atoms with E-state index in [1.165, 1.54) is 25.7 Å². The fourth-order valence-corrected chi connectivity index (χ4v) is 2.58. The highest BCUT2D eigenvalue weighted by atomic mass is 16.5. The molecular weight excluding hydrogens is 150 g/mol. The Balaban J connectivity index is 2.00. The zero-order valence-electron chi connectivity index (χ0n) is 8.10. The second-order valence-electron chi connectivity index (χ2n) is 4.55. The molecule has 1 saturated heterocycles.